The molecule has 0 amide bonds. The number of carbonyl (C=O) groups excluding carboxylic acids is 1. The minimum Gasteiger partial charge on any atom is -0.546 e. The third-order valence-corrected chi connectivity index (χ3v) is 20.5. The van der Waals surface area contributed by atoms with Crippen molar-refractivity contribution in [1.82, 2.24) is 0 Å². The van der Waals surface area contributed by atoms with E-state index < -0.39 is 32.8 Å². The summed E-state index contributed by atoms with van der Waals surface area (Å²) in [6.07, 6.45) is 6.74. The van der Waals surface area contributed by atoms with E-state index >= 15 is 0 Å². The summed E-state index contributed by atoms with van der Waals surface area (Å²) >= 11 is 0. The molecule has 4 rings (SSSR count). The molecule has 40 heavy (non-hydrogen) atoms. The van der Waals surface area contributed by atoms with Crippen LogP contribution in [-0.4, -0.2) is 39.7 Å². The quantitative estimate of drug-likeness (QED) is 0.166. The highest BCUT2D eigenvalue weighted by Gasteiger charge is 2.85. The number of allylic oxidation sites excluding steroid dienone is 3. The fourth-order valence-electron chi connectivity index (χ4n) is 10.6. The van der Waals surface area contributed by atoms with Crippen LogP contribution in [0.4, 0.5) is 0 Å². The van der Waals surface area contributed by atoms with Gasteiger partial charge in [-0.25, -0.2) is 0 Å². The predicted molar refractivity (Wildman–Crippen MR) is 171 cm³/mol. The smallest absolute Gasteiger partial charge is 0.316 e. The molecular formula is C34H60O4Si2. The van der Waals surface area contributed by atoms with Gasteiger partial charge in [0.2, 0.25) is 0 Å². The molecule has 4 nitrogen and oxygen atoms in total. The molecule has 0 saturated heterocycles. The minimum atomic E-state index is -2.19. The second kappa shape index (κ2) is 10.1. The molecule has 2 bridgehead atoms. The van der Waals surface area contributed by atoms with Crippen LogP contribution in [0.15, 0.2) is 23.0 Å². The zero-order valence-electron chi connectivity index (χ0n) is 28.1. The predicted octanol–water partition coefficient (Wildman–Crippen LogP) is 9.25. The van der Waals surface area contributed by atoms with Gasteiger partial charge < -0.3 is 14.3 Å². The number of aliphatic hydroxyl groups is 1. The molecule has 6 heteroatoms. The number of carbonyl (C=O) groups is 1. The fourth-order valence-corrected chi connectivity index (χ4v) is 16.6. The normalized spacial score (nSPS) is 38.6. The molecule has 0 radical (unpaired) electrons. The first-order chi connectivity index (χ1) is 18.3. The van der Waals surface area contributed by atoms with Crippen LogP contribution in [0, 0.1) is 28.1 Å². The number of fused-ring (bicyclic) bond motifs is 2. The first kappa shape index (κ1) is 32.1. The summed E-state index contributed by atoms with van der Waals surface area (Å²) in [6, 6.07) is 0.942. The highest BCUT2D eigenvalue weighted by molar-refractivity contribution is 6.78. The molecule has 4 aliphatic carbocycles. The molecule has 0 aromatic rings. The Morgan fingerprint density at radius 2 is 1.62 bits per heavy atom. The van der Waals surface area contributed by atoms with Crippen LogP contribution in [0.5, 0.6) is 0 Å². The Hall–Kier alpha value is -0.856. The SMILES string of the molecule is C/C=C1\C[C@]2(C(=O)OCC[Si](C)(C)C)C1(O)C(C)C13CCC(O[Si](C(C)C)(C(C)C)C(C)C)=C1[C@]2(C)C(C)CC3. The van der Waals surface area contributed by atoms with Gasteiger partial charge in [0.25, 0.3) is 8.32 Å². The third kappa shape index (κ3) is 3.86. The van der Waals surface area contributed by atoms with E-state index in [0.717, 1.165) is 37.3 Å². The van der Waals surface area contributed by atoms with Gasteiger partial charge >= 0.3 is 5.97 Å². The van der Waals surface area contributed by atoms with Crippen molar-refractivity contribution in [2.24, 2.45) is 28.1 Å². The lowest BCUT2D eigenvalue weighted by Crippen LogP contribution is -2.80. The molecule has 0 aliphatic heterocycles. The minimum absolute atomic E-state index is 0.0608. The Bertz CT molecular complexity index is 1060. The van der Waals surface area contributed by atoms with Crippen molar-refractivity contribution < 1.29 is 19.1 Å². The topological polar surface area (TPSA) is 55.8 Å². The van der Waals surface area contributed by atoms with Crippen molar-refractivity contribution in [2.45, 2.75) is 149 Å². The number of rotatable bonds is 9. The number of hydrogen-bond acceptors (Lipinski definition) is 4. The van der Waals surface area contributed by atoms with E-state index in [1.54, 1.807) is 0 Å². The molecule has 6 atom stereocenters. The summed E-state index contributed by atoms with van der Waals surface area (Å²) in [5.74, 6) is 1.21. The maximum atomic E-state index is 14.6. The molecule has 0 aromatic heterocycles. The number of esters is 1. The van der Waals surface area contributed by atoms with Crippen molar-refractivity contribution in [2.75, 3.05) is 6.61 Å². The molecule has 1 N–H and O–H groups in total. The first-order valence-electron chi connectivity index (χ1n) is 16.3. The van der Waals surface area contributed by atoms with Gasteiger partial charge in [0.15, 0.2) is 0 Å². The maximum absolute atomic E-state index is 14.6. The van der Waals surface area contributed by atoms with E-state index in [1.165, 1.54) is 11.3 Å². The fraction of sp³-hybridized carbons (Fsp3) is 0.853. The lowest BCUT2D eigenvalue weighted by atomic mass is 9.27. The Kier molecular flexibility index (Phi) is 8.11. The second-order valence-corrected chi connectivity index (χ2v) is 27.3. The van der Waals surface area contributed by atoms with Gasteiger partial charge in [0.1, 0.15) is 11.0 Å². The summed E-state index contributed by atoms with van der Waals surface area (Å²) in [7, 11) is -3.57. The van der Waals surface area contributed by atoms with Crippen LogP contribution in [0.25, 0.3) is 0 Å². The van der Waals surface area contributed by atoms with Crippen molar-refractivity contribution in [1.29, 1.82) is 0 Å². The van der Waals surface area contributed by atoms with Crippen LogP contribution in [-0.2, 0) is 14.0 Å². The molecule has 0 heterocycles. The van der Waals surface area contributed by atoms with Crippen molar-refractivity contribution in [3.05, 3.63) is 23.0 Å². The Morgan fingerprint density at radius 3 is 2.12 bits per heavy atom. The van der Waals surface area contributed by atoms with Crippen molar-refractivity contribution in [3.8, 4) is 0 Å². The molecule has 0 spiro atoms. The van der Waals surface area contributed by atoms with Crippen LogP contribution in [0.1, 0.15) is 101 Å². The average molecular weight is 589 g/mol. The van der Waals surface area contributed by atoms with E-state index in [9.17, 15) is 9.90 Å². The molecule has 3 saturated carbocycles. The molecule has 228 valence electrons. The highest BCUT2D eigenvalue weighted by Crippen LogP contribution is 2.83. The summed E-state index contributed by atoms with van der Waals surface area (Å²) < 4.78 is 13.8. The molecule has 4 aliphatic rings. The maximum Gasteiger partial charge on any atom is 0.316 e. The van der Waals surface area contributed by atoms with Gasteiger partial charge in [0, 0.05) is 25.3 Å². The molecular weight excluding hydrogens is 529 g/mol. The van der Waals surface area contributed by atoms with Gasteiger partial charge in [-0.3, -0.25) is 4.79 Å². The highest BCUT2D eigenvalue weighted by atomic mass is 28.4. The zero-order chi connectivity index (χ0) is 30.3. The van der Waals surface area contributed by atoms with Gasteiger partial charge in [-0.15, -0.1) is 0 Å². The van der Waals surface area contributed by atoms with Gasteiger partial charge in [-0.1, -0.05) is 88.0 Å². The summed E-state index contributed by atoms with van der Waals surface area (Å²) in [5, 5.41) is 12.9. The summed E-state index contributed by atoms with van der Waals surface area (Å²) in [6.45, 7) is 30.5. The monoisotopic (exact) mass is 588 g/mol. The van der Waals surface area contributed by atoms with E-state index in [2.05, 4.69) is 88.0 Å². The van der Waals surface area contributed by atoms with Crippen LogP contribution >= 0.6 is 0 Å². The van der Waals surface area contributed by atoms with Gasteiger partial charge in [-0.05, 0) is 78.3 Å². The molecule has 4 unspecified atom stereocenters. The largest absolute Gasteiger partial charge is 0.546 e. The molecule has 0 aromatic carbocycles. The zero-order valence-corrected chi connectivity index (χ0v) is 30.1. The first-order valence-corrected chi connectivity index (χ1v) is 22.2. The second-order valence-electron chi connectivity index (χ2n) is 16.3. The summed E-state index contributed by atoms with van der Waals surface area (Å²) in [4.78, 5) is 14.6. The van der Waals surface area contributed by atoms with Crippen LogP contribution in [0.2, 0.25) is 42.3 Å². The van der Waals surface area contributed by atoms with Crippen LogP contribution in [0.3, 0.4) is 0 Å². The van der Waals surface area contributed by atoms with Gasteiger partial charge in [0.05, 0.1) is 12.4 Å². The molecule has 3 fully saturated rings. The van der Waals surface area contributed by atoms with E-state index in [4.69, 9.17) is 9.16 Å². The van der Waals surface area contributed by atoms with E-state index in [1.807, 2.05) is 6.92 Å². The summed E-state index contributed by atoms with van der Waals surface area (Å²) in [5.41, 5.74) is 1.09. The van der Waals surface area contributed by atoms with Crippen molar-refractivity contribution in [3.63, 3.8) is 0 Å². The van der Waals surface area contributed by atoms with Gasteiger partial charge in [-0.2, -0.15) is 0 Å². The number of hydrogen-bond donors (Lipinski definition) is 1. The number of ether oxygens (including phenoxy) is 1. The Labute approximate surface area is 247 Å². The van der Waals surface area contributed by atoms with E-state index in [-0.39, 0.29) is 23.2 Å². The van der Waals surface area contributed by atoms with Crippen LogP contribution < -0.4 is 0 Å². The van der Waals surface area contributed by atoms with Crippen molar-refractivity contribution >= 4 is 22.4 Å². The lowest BCUT2D eigenvalue weighted by Gasteiger charge is -2.76. The standard InChI is InChI=1S/C34H60O4Si2/c1-14-27-21-33(30(35)37-19-20-39(11,12)13)31(10)25(8)15-17-32(26(9)34(27,33)36)18-16-28(29(31)32)38-40(22(2)3,23(4)5)24(6)7/h14,22-26,36H,15-21H2,1-13H3/b27-14+/t25?,26?,31-,32?,33+,34?/m0/s1. The third-order valence-electron chi connectivity index (χ3n) is 12.8. The lowest BCUT2D eigenvalue weighted by molar-refractivity contribution is -0.270. The average Bonchev–Trinajstić information content (AvgIpc) is 3.22. The van der Waals surface area contributed by atoms with E-state index in [0.29, 0.717) is 29.7 Å². The Morgan fingerprint density at radius 1 is 1.05 bits per heavy atom. The Balaban J connectivity index is 1.95.